The number of imidazole rings is 1. The summed E-state index contributed by atoms with van der Waals surface area (Å²) in [6.07, 6.45) is 3.78. The Morgan fingerprint density at radius 2 is 1.88 bits per heavy atom. The molecule has 3 heterocycles. The highest BCUT2D eigenvalue weighted by Gasteiger charge is 2.27. The number of hydrogen-bond donors (Lipinski definition) is 1. The summed E-state index contributed by atoms with van der Waals surface area (Å²) in [4.78, 5) is 19.7. The average Bonchev–Trinajstić information content (AvgIpc) is 3.24. The third-order valence-corrected chi connectivity index (χ3v) is 6.38. The quantitative estimate of drug-likeness (QED) is 0.401. The van der Waals surface area contributed by atoms with Crippen molar-refractivity contribution in [3.05, 3.63) is 83.8 Å². The number of halogens is 1. The number of amides is 2. The zero-order valence-corrected chi connectivity index (χ0v) is 19.1. The van der Waals surface area contributed by atoms with Crippen LogP contribution in [-0.2, 0) is 0 Å². The standard InChI is InChI=1S/C26H25ClN4O2/c1-33-22-9-4-6-19(16-22)24-23-10-2-3-13-31(23)25(29-24)18-11-14-30(15-12-18)26(32)28-21-8-5-7-20(27)17-21/h2-10,13,16-18H,11-12,14-15H2,1H3,(H,28,32). The molecule has 0 bridgehead atoms. The SMILES string of the molecule is COc1cccc(-c2nc(C3CCN(C(=O)Nc4cccc(Cl)c4)CC3)n3ccccc23)c1. The molecule has 0 spiro atoms. The van der Waals surface area contributed by atoms with Crippen LogP contribution in [0.4, 0.5) is 10.5 Å². The second-order valence-electron chi connectivity index (χ2n) is 8.21. The van der Waals surface area contributed by atoms with Gasteiger partial charge in [0, 0.05) is 41.5 Å². The highest BCUT2D eigenvalue weighted by molar-refractivity contribution is 6.30. The third-order valence-electron chi connectivity index (χ3n) is 6.14. The van der Waals surface area contributed by atoms with Crippen molar-refractivity contribution < 1.29 is 9.53 Å². The van der Waals surface area contributed by atoms with Crippen molar-refractivity contribution in [2.24, 2.45) is 0 Å². The van der Waals surface area contributed by atoms with Crippen molar-refractivity contribution in [1.82, 2.24) is 14.3 Å². The van der Waals surface area contributed by atoms with Crippen LogP contribution in [0.1, 0.15) is 24.6 Å². The number of anilines is 1. The van der Waals surface area contributed by atoms with Crippen molar-refractivity contribution in [2.75, 3.05) is 25.5 Å². The van der Waals surface area contributed by atoms with Gasteiger partial charge in [-0.3, -0.25) is 0 Å². The Hall–Kier alpha value is -3.51. The molecule has 1 aliphatic rings. The first kappa shape index (κ1) is 21.3. The lowest BCUT2D eigenvalue weighted by Gasteiger charge is -2.31. The number of likely N-dealkylation sites (tertiary alicyclic amines) is 1. The molecule has 6 nitrogen and oxygen atoms in total. The van der Waals surface area contributed by atoms with Gasteiger partial charge in [-0.2, -0.15) is 0 Å². The van der Waals surface area contributed by atoms with Crippen molar-refractivity contribution in [3.8, 4) is 17.0 Å². The molecule has 0 saturated carbocycles. The van der Waals surface area contributed by atoms with Crippen LogP contribution in [0, 0.1) is 0 Å². The van der Waals surface area contributed by atoms with Crippen molar-refractivity contribution in [2.45, 2.75) is 18.8 Å². The van der Waals surface area contributed by atoms with Crippen LogP contribution in [-0.4, -0.2) is 40.5 Å². The predicted molar refractivity (Wildman–Crippen MR) is 131 cm³/mol. The Balaban J connectivity index is 1.35. The summed E-state index contributed by atoms with van der Waals surface area (Å²) < 4.78 is 7.59. The maximum Gasteiger partial charge on any atom is 0.321 e. The largest absolute Gasteiger partial charge is 0.497 e. The minimum absolute atomic E-state index is 0.0965. The van der Waals surface area contributed by atoms with E-state index >= 15 is 0 Å². The molecule has 1 fully saturated rings. The van der Waals surface area contributed by atoms with E-state index in [1.807, 2.05) is 47.4 Å². The van der Waals surface area contributed by atoms with Gasteiger partial charge in [-0.1, -0.05) is 35.9 Å². The number of hydrogen-bond acceptors (Lipinski definition) is 3. The molecule has 2 aromatic carbocycles. The minimum atomic E-state index is -0.0965. The molecule has 168 valence electrons. The Bertz CT molecular complexity index is 1290. The van der Waals surface area contributed by atoms with Gasteiger partial charge in [-0.15, -0.1) is 0 Å². The monoisotopic (exact) mass is 460 g/mol. The summed E-state index contributed by atoms with van der Waals surface area (Å²) in [6, 6.07) is 21.3. The number of ether oxygens (including phenoxy) is 1. The summed E-state index contributed by atoms with van der Waals surface area (Å²) in [7, 11) is 1.67. The molecule has 0 unspecified atom stereocenters. The molecule has 7 heteroatoms. The zero-order chi connectivity index (χ0) is 22.8. The molecular weight excluding hydrogens is 436 g/mol. The highest BCUT2D eigenvalue weighted by Crippen LogP contribution is 2.34. The number of nitrogens with one attached hydrogen (secondary N) is 1. The van der Waals surface area contributed by atoms with E-state index in [2.05, 4.69) is 28.0 Å². The molecule has 2 amide bonds. The van der Waals surface area contributed by atoms with Crippen molar-refractivity contribution in [1.29, 1.82) is 0 Å². The van der Waals surface area contributed by atoms with Crippen molar-refractivity contribution >= 4 is 28.8 Å². The lowest BCUT2D eigenvalue weighted by molar-refractivity contribution is 0.193. The third kappa shape index (κ3) is 4.39. The first-order valence-electron chi connectivity index (χ1n) is 11.1. The van der Waals surface area contributed by atoms with Crippen LogP contribution in [0.5, 0.6) is 5.75 Å². The highest BCUT2D eigenvalue weighted by atomic mass is 35.5. The van der Waals surface area contributed by atoms with Crippen LogP contribution in [0.15, 0.2) is 72.9 Å². The second kappa shape index (κ2) is 9.16. The van der Waals surface area contributed by atoms with Crippen LogP contribution in [0.25, 0.3) is 16.8 Å². The number of piperidine rings is 1. The predicted octanol–water partition coefficient (Wildman–Crippen LogP) is 6.07. The van der Waals surface area contributed by atoms with Gasteiger partial charge < -0.3 is 19.4 Å². The fraction of sp³-hybridized carbons (Fsp3) is 0.231. The molecule has 2 aromatic heterocycles. The number of urea groups is 1. The van der Waals surface area contributed by atoms with E-state index in [0.717, 1.165) is 41.2 Å². The van der Waals surface area contributed by atoms with E-state index in [4.69, 9.17) is 21.3 Å². The van der Waals surface area contributed by atoms with E-state index in [1.165, 1.54) is 0 Å². The lowest BCUT2D eigenvalue weighted by atomic mass is 9.96. The van der Waals surface area contributed by atoms with Gasteiger partial charge in [0.15, 0.2) is 0 Å². The van der Waals surface area contributed by atoms with E-state index in [0.29, 0.717) is 23.8 Å². The van der Waals surface area contributed by atoms with Gasteiger partial charge in [0.2, 0.25) is 0 Å². The van der Waals surface area contributed by atoms with Gasteiger partial charge in [0.25, 0.3) is 0 Å². The summed E-state index contributed by atoms with van der Waals surface area (Å²) in [5.41, 5.74) is 3.76. The van der Waals surface area contributed by atoms with Crippen LogP contribution < -0.4 is 10.1 Å². The fourth-order valence-electron chi connectivity index (χ4n) is 4.44. The number of aromatic nitrogens is 2. The molecule has 1 aliphatic heterocycles. The number of fused-ring (bicyclic) bond motifs is 1. The zero-order valence-electron chi connectivity index (χ0n) is 18.4. The Kier molecular flexibility index (Phi) is 5.92. The maximum atomic E-state index is 12.7. The number of rotatable bonds is 4. The topological polar surface area (TPSA) is 58.9 Å². The second-order valence-corrected chi connectivity index (χ2v) is 8.64. The molecule has 0 atom stereocenters. The van der Waals surface area contributed by atoms with Crippen molar-refractivity contribution in [3.63, 3.8) is 0 Å². The summed E-state index contributed by atoms with van der Waals surface area (Å²) in [6.45, 7) is 1.35. The van der Waals surface area contributed by atoms with E-state index < -0.39 is 0 Å². The minimum Gasteiger partial charge on any atom is -0.497 e. The Morgan fingerprint density at radius 3 is 2.67 bits per heavy atom. The van der Waals surface area contributed by atoms with E-state index in [1.54, 1.807) is 19.2 Å². The number of pyridine rings is 1. The smallest absolute Gasteiger partial charge is 0.321 e. The van der Waals surface area contributed by atoms with Gasteiger partial charge in [-0.05, 0) is 55.3 Å². The number of carbonyl (C=O) groups is 1. The molecule has 0 radical (unpaired) electrons. The molecule has 33 heavy (non-hydrogen) atoms. The van der Waals surface area contributed by atoms with E-state index in [9.17, 15) is 4.79 Å². The fourth-order valence-corrected chi connectivity index (χ4v) is 4.63. The molecule has 0 aliphatic carbocycles. The van der Waals surface area contributed by atoms with Crippen LogP contribution in [0.3, 0.4) is 0 Å². The maximum absolute atomic E-state index is 12.7. The molecule has 5 rings (SSSR count). The summed E-state index contributed by atoms with van der Waals surface area (Å²) >= 11 is 6.03. The number of methoxy groups -OCH3 is 1. The number of nitrogens with zero attached hydrogens (tertiary/aromatic N) is 3. The normalized spacial score (nSPS) is 14.4. The number of benzene rings is 2. The first-order chi connectivity index (χ1) is 16.1. The number of carbonyl (C=O) groups excluding carboxylic acids is 1. The van der Waals surface area contributed by atoms with Gasteiger partial charge in [-0.25, -0.2) is 9.78 Å². The average molecular weight is 461 g/mol. The lowest BCUT2D eigenvalue weighted by Crippen LogP contribution is -2.40. The molecule has 1 N–H and O–H groups in total. The summed E-state index contributed by atoms with van der Waals surface area (Å²) in [5.74, 6) is 2.12. The molecule has 1 saturated heterocycles. The molecule has 4 aromatic rings. The summed E-state index contributed by atoms with van der Waals surface area (Å²) in [5, 5.41) is 3.54. The first-order valence-corrected chi connectivity index (χ1v) is 11.4. The van der Waals surface area contributed by atoms with Gasteiger partial charge >= 0.3 is 6.03 Å². The van der Waals surface area contributed by atoms with Crippen LogP contribution in [0.2, 0.25) is 5.02 Å². The van der Waals surface area contributed by atoms with Gasteiger partial charge in [0.05, 0.1) is 18.3 Å². The Morgan fingerprint density at radius 1 is 1.06 bits per heavy atom. The van der Waals surface area contributed by atoms with Gasteiger partial charge in [0.1, 0.15) is 11.6 Å². The van der Waals surface area contributed by atoms with E-state index in [-0.39, 0.29) is 11.9 Å². The van der Waals surface area contributed by atoms with Crippen LogP contribution >= 0.6 is 11.6 Å². The molecular formula is C26H25ClN4O2. The Labute approximate surface area is 197 Å².